The lowest BCUT2D eigenvalue weighted by Crippen LogP contribution is -2.39. The number of nitrogens with zero attached hydrogens (tertiary/aromatic N) is 1. The third kappa shape index (κ3) is 6.14. The number of anilines is 2. The number of hydrogen-bond acceptors (Lipinski definition) is 5. The summed E-state index contributed by atoms with van der Waals surface area (Å²) in [6, 6.07) is 24.3. The van der Waals surface area contributed by atoms with E-state index < -0.39 is 0 Å². The summed E-state index contributed by atoms with van der Waals surface area (Å²) in [5.74, 6) is 0.724. The second-order valence-electron chi connectivity index (χ2n) is 8.17. The zero-order chi connectivity index (χ0) is 23.8. The van der Waals surface area contributed by atoms with Crippen molar-refractivity contribution in [1.82, 2.24) is 4.90 Å². The molecule has 7 nitrogen and oxygen atoms in total. The van der Waals surface area contributed by atoms with E-state index in [2.05, 4.69) is 27.7 Å². The molecule has 3 aromatic carbocycles. The van der Waals surface area contributed by atoms with Gasteiger partial charge in [-0.1, -0.05) is 48.5 Å². The van der Waals surface area contributed by atoms with Crippen LogP contribution in [0.25, 0.3) is 0 Å². The molecule has 0 aliphatic carbocycles. The average Bonchev–Trinajstić information content (AvgIpc) is 3.32. The lowest BCUT2D eigenvalue weighted by Gasteiger charge is -2.23. The molecule has 0 aromatic heterocycles. The molecular formula is C27H29N3O4. The number of ether oxygens (including phenoxy) is 2. The lowest BCUT2D eigenvalue weighted by molar-refractivity contribution is -0.120. The first-order valence-electron chi connectivity index (χ1n) is 11.4. The highest BCUT2D eigenvalue weighted by Gasteiger charge is 2.30. The van der Waals surface area contributed by atoms with E-state index >= 15 is 0 Å². The third-order valence-electron chi connectivity index (χ3n) is 5.74. The lowest BCUT2D eigenvalue weighted by atomic mass is 10.1. The zero-order valence-corrected chi connectivity index (χ0v) is 19.2. The van der Waals surface area contributed by atoms with Gasteiger partial charge in [0.2, 0.25) is 5.91 Å². The summed E-state index contributed by atoms with van der Waals surface area (Å²) >= 11 is 0. The van der Waals surface area contributed by atoms with Crippen LogP contribution in [0, 0.1) is 0 Å². The summed E-state index contributed by atoms with van der Waals surface area (Å²) in [5, 5.41) is 5.81. The van der Waals surface area contributed by atoms with E-state index in [1.54, 1.807) is 37.4 Å². The Hall–Kier alpha value is -3.84. The fraction of sp³-hybridized carbons (Fsp3) is 0.259. The van der Waals surface area contributed by atoms with Gasteiger partial charge in [0.15, 0.2) is 18.1 Å². The first kappa shape index (κ1) is 23.3. The maximum absolute atomic E-state index is 13.0. The van der Waals surface area contributed by atoms with Gasteiger partial charge in [-0.25, -0.2) is 0 Å². The predicted molar refractivity (Wildman–Crippen MR) is 132 cm³/mol. The number of methoxy groups -OCH3 is 1. The summed E-state index contributed by atoms with van der Waals surface area (Å²) < 4.78 is 10.8. The number of benzene rings is 3. The van der Waals surface area contributed by atoms with Gasteiger partial charge in [0.1, 0.15) is 0 Å². The molecule has 2 N–H and O–H groups in total. The molecule has 0 bridgehead atoms. The number of amides is 2. The van der Waals surface area contributed by atoms with Crippen molar-refractivity contribution in [1.29, 1.82) is 0 Å². The van der Waals surface area contributed by atoms with Crippen molar-refractivity contribution in [3.05, 3.63) is 84.4 Å². The van der Waals surface area contributed by atoms with Gasteiger partial charge in [-0.2, -0.15) is 0 Å². The number of carbonyl (C=O) groups is 2. The second-order valence-corrected chi connectivity index (χ2v) is 8.17. The molecule has 2 amide bonds. The Bertz CT molecular complexity index is 1120. The molecule has 1 heterocycles. The van der Waals surface area contributed by atoms with E-state index in [1.807, 2.05) is 36.4 Å². The standard InChI is InChI=1S/C27H29N3O4/c1-33-24-14-5-6-15-25(24)34-19-26(31)28-21-11-7-12-22(17-21)29-27(32)23-13-8-16-30(23)18-20-9-3-2-4-10-20/h2-7,9-12,14-15,17,23H,8,13,16,18-19H2,1H3,(H,28,31)(H,29,32). The van der Waals surface area contributed by atoms with E-state index in [4.69, 9.17) is 9.47 Å². The molecule has 7 heteroatoms. The minimum atomic E-state index is -0.306. The molecular weight excluding hydrogens is 430 g/mol. The molecule has 176 valence electrons. The van der Waals surface area contributed by atoms with Gasteiger partial charge in [-0.3, -0.25) is 14.5 Å². The molecule has 34 heavy (non-hydrogen) atoms. The smallest absolute Gasteiger partial charge is 0.262 e. The quantitative estimate of drug-likeness (QED) is 0.498. The highest BCUT2D eigenvalue weighted by atomic mass is 16.5. The first-order chi connectivity index (χ1) is 16.6. The summed E-state index contributed by atoms with van der Waals surface area (Å²) in [6.45, 7) is 1.49. The van der Waals surface area contributed by atoms with E-state index in [-0.39, 0.29) is 24.5 Å². The molecule has 3 aromatic rings. The topological polar surface area (TPSA) is 79.9 Å². The minimum absolute atomic E-state index is 0.0311. The summed E-state index contributed by atoms with van der Waals surface area (Å²) in [5.41, 5.74) is 2.42. The molecule has 1 unspecified atom stereocenters. The van der Waals surface area contributed by atoms with Crippen molar-refractivity contribution in [2.24, 2.45) is 0 Å². The molecule has 1 aliphatic rings. The van der Waals surface area contributed by atoms with Crippen LogP contribution in [0.5, 0.6) is 11.5 Å². The highest BCUT2D eigenvalue weighted by molar-refractivity contribution is 5.97. The fourth-order valence-corrected chi connectivity index (χ4v) is 4.11. The molecule has 1 saturated heterocycles. The van der Waals surface area contributed by atoms with Crippen LogP contribution in [0.1, 0.15) is 18.4 Å². The van der Waals surface area contributed by atoms with E-state index in [0.717, 1.165) is 25.9 Å². The summed E-state index contributed by atoms with van der Waals surface area (Å²) in [4.78, 5) is 27.6. The summed E-state index contributed by atoms with van der Waals surface area (Å²) in [6.07, 6.45) is 1.82. The Morgan fingerprint density at radius 3 is 2.38 bits per heavy atom. The monoisotopic (exact) mass is 459 g/mol. The van der Waals surface area contributed by atoms with Crippen LogP contribution < -0.4 is 20.1 Å². The van der Waals surface area contributed by atoms with Crippen LogP contribution >= 0.6 is 0 Å². The molecule has 1 atom stereocenters. The number of nitrogens with one attached hydrogen (secondary N) is 2. The SMILES string of the molecule is COc1ccccc1OCC(=O)Nc1cccc(NC(=O)C2CCCN2Cc2ccccc2)c1. The first-order valence-corrected chi connectivity index (χ1v) is 11.4. The maximum Gasteiger partial charge on any atom is 0.262 e. The largest absolute Gasteiger partial charge is 0.493 e. The van der Waals surface area contributed by atoms with Gasteiger partial charge in [-0.05, 0) is 55.3 Å². The van der Waals surface area contributed by atoms with E-state index in [9.17, 15) is 9.59 Å². The molecule has 0 spiro atoms. The molecule has 1 aliphatic heterocycles. The van der Waals surface area contributed by atoms with E-state index in [0.29, 0.717) is 22.9 Å². The Labute approximate surface area is 199 Å². The molecule has 4 rings (SSSR count). The van der Waals surface area contributed by atoms with Crippen LogP contribution in [0.4, 0.5) is 11.4 Å². The second kappa shape index (κ2) is 11.3. The van der Waals surface area contributed by atoms with Crippen LogP contribution in [0.3, 0.4) is 0 Å². The maximum atomic E-state index is 13.0. The van der Waals surface area contributed by atoms with Crippen LogP contribution in [0.2, 0.25) is 0 Å². The van der Waals surface area contributed by atoms with Gasteiger partial charge in [0.05, 0.1) is 13.2 Å². The van der Waals surface area contributed by atoms with Gasteiger partial charge in [-0.15, -0.1) is 0 Å². The molecule has 0 radical (unpaired) electrons. The van der Waals surface area contributed by atoms with Crippen molar-refractivity contribution < 1.29 is 19.1 Å². The zero-order valence-electron chi connectivity index (χ0n) is 19.2. The highest BCUT2D eigenvalue weighted by Crippen LogP contribution is 2.26. The normalized spacial score (nSPS) is 15.5. The van der Waals surface area contributed by atoms with Crippen LogP contribution in [0.15, 0.2) is 78.9 Å². The Kier molecular flexibility index (Phi) is 7.78. The molecule has 0 saturated carbocycles. The van der Waals surface area contributed by atoms with Crippen molar-refractivity contribution in [3.63, 3.8) is 0 Å². The predicted octanol–water partition coefficient (Wildman–Crippen LogP) is 4.32. The fourth-order valence-electron chi connectivity index (χ4n) is 4.11. The number of hydrogen-bond donors (Lipinski definition) is 2. The third-order valence-corrected chi connectivity index (χ3v) is 5.74. The Balaban J connectivity index is 1.32. The van der Waals surface area contributed by atoms with Crippen molar-refractivity contribution in [2.75, 3.05) is 30.9 Å². The van der Waals surface area contributed by atoms with Gasteiger partial charge in [0, 0.05) is 17.9 Å². The van der Waals surface area contributed by atoms with Crippen LogP contribution in [-0.4, -0.2) is 43.0 Å². The van der Waals surface area contributed by atoms with Gasteiger partial charge in [0.25, 0.3) is 5.91 Å². The number of rotatable bonds is 9. The van der Waals surface area contributed by atoms with Crippen molar-refractivity contribution in [3.8, 4) is 11.5 Å². The van der Waals surface area contributed by atoms with Gasteiger partial charge < -0.3 is 20.1 Å². The van der Waals surface area contributed by atoms with Crippen LogP contribution in [-0.2, 0) is 16.1 Å². The average molecular weight is 460 g/mol. The number of likely N-dealkylation sites (tertiary alicyclic amines) is 1. The number of carbonyl (C=O) groups excluding carboxylic acids is 2. The van der Waals surface area contributed by atoms with Crippen molar-refractivity contribution in [2.45, 2.75) is 25.4 Å². The Morgan fingerprint density at radius 1 is 0.912 bits per heavy atom. The summed E-state index contributed by atoms with van der Waals surface area (Å²) in [7, 11) is 1.55. The minimum Gasteiger partial charge on any atom is -0.493 e. The molecule has 1 fully saturated rings. The van der Waals surface area contributed by atoms with Gasteiger partial charge >= 0.3 is 0 Å². The van der Waals surface area contributed by atoms with E-state index in [1.165, 1.54) is 5.56 Å². The Morgan fingerprint density at radius 2 is 1.62 bits per heavy atom. The van der Waals surface area contributed by atoms with Crippen molar-refractivity contribution >= 4 is 23.2 Å². The number of para-hydroxylation sites is 2.